The van der Waals surface area contributed by atoms with Gasteiger partial charge < -0.3 is 5.32 Å². The van der Waals surface area contributed by atoms with Gasteiger partial charge in [-0.05, 0) is 49.1 Å². The number of fused-ring (bicyclic) bond motifs is 1. The van der Waals surface area contributed by atoms with Crippen molar-refractivity contribution in [1.82, 2.24) is 10.2 Å². The van der Waals surface area contributed by atoms with Crippen molar-refractivity contribution in [3.63, 3.8) is 0 Å². The maximum absolute atomic E-state index is 12.0. The van der Waals surface area contributed by atoms with Crippen molar-refractivity contribution >= 4 is 17.2 Å². The van der Waals surface area contributed by atoms with Crippen LogP contribution in [0.1, 0.15) is 30.2 Å². The number of hydrogen-bond donors (Lipinski definition) is 1. The molecular weight excluding hydrogens is 244 g/mol. The van der Waals surface area contributed by atoms with Crippen LogP contribution in [-0.2, 0) is 17.8 Å². The zero-order chi connectivity index (χ0) is 12.5. The Hall–Kier alpha value is -0.870. The smallest absolute Gasteiger partial charge is 0.234 e. The second-order valence-electron chi connectivity index (χ2n) is 5.52. The van der Waals surface area contributed by atoms with E-state index in [0.717, 1.165) is 25.4 Å². The molecule has 98 valence electrons. The molecule has 3 nitrogen and oxygen atoms in total. The fraction of sp³-hybridized carbons (Fsp3) is 0.643. The van der Waals surface area contributed by atoms with Crippen LogP contribution < -0.4 is 5.32 Å². The Morgan fingerprint density at radius 2 is 2.44 bits per heavy atom. The van der Waals surface area contributed by atoms with Crippen LogP contribution in [0.2, 0.25) is 0 Å². The van der Waals surface area contributed by atoms with Gasteiger partial charge in [0.15, 0.2) is 0 Å². The lowest BCUT2D eigenvalue weighted by atomic mass is 10.1. The quantitative estimate of drug-likeness (QED) is 0.902. The number of amides is 1. The largest absolute Gasteiger partial charge is 0.352 e. The van der Waals surface area contributed by atoms with Gasteiger partial charge >= 0.3 is 0 Å². The Morgan fingerprint density at radius 3 is 3.22 bits per heavy atom. The molecule has 2 aliphatic rings. The summed E-state index contributed by atoms with van der Waals surface area (Å²) in [5.41, 5.74) is 1.41. The highest BCUT2D eigenvalue weighted by Crippen LogP contribution is 2.32. The summed E-state index contributed by atoms with van der Waals surface area (Å²) in [7, 11) is 0. The third-order valence-electron chi connectivity index (χ3n) is 3.97. The van der Waals surface area contributed by atoms with Gasteiger partial charge in [-0.15, -0.1) is 11.3 Å². The first-order valence-corrected chi connectivity index (χ1v) is 7.67. The number of carbonyl (C=O) groups is 1. The first-order valence-electron chi connectivity index (χ1n) is 6.79. The Labute approximate surface area is 112 Å². The van der Waals surface area contributed by atoms with Crippen LogP contribution in [0.3, 0.4) is 0 Å². The van der Waals surface area contributed by atoms with Gasteiger partial charge in [-0.25, -0.2) is 0 Å². The number of hydrogen-bond acceptors (Lipinski definition) is 3. The lowest BCUT2D eigenvalue weighted by molar-refractivity contribution is -0.123. The fourth-order valence-corrected chi connectivity index (χ4v) is 3.55. The van der Waals surface area contributed by atoms with E-state index in [1.807, 2.05) is 11.3 Å². The average molecular weight is 264 g/mol. The van der Waals surface area contributed by atoms with Gasteiger partial charge in [0.2, 0.25) is 5.91 Å². The van der Waals surface area contributed by atoms with Crippen molar-refractivity contribution < 1.29 is 4.79 Å². The van der Waals surface area contributed by atoms with E-state index >= 15 is 0 Å². The zero-order valence-electron chi connectivity index (χ0n) is 10.8. The zero-order valence-corrected chi connectivity index (χ0v) is 11.6. The third kappa shape index (κ3) is 2.75. The summed E-state index contributed by atoms with van der Waals surface area (Å²) in [5, 5.41) is 5.29. The molecule has 0 saturated heterocycles. The summed E-state index contributed by atoms with van der Waals surface area (Å²) >= 11 is 1.84. The van der Waals surface area contributed by atoms with Crippen molar-refractivity contribution in [2.75, 3.05) is 13.1 Å². The molecule has 1 aliphatic carbocycles. The summed E-state index contributed by atoms with van der Waals surface area (Å²) in [6, 6.07) is 2.55. The summed E-state index contributed by atoms with van der Waals surface area (Å²) in [6.45, 7) is 4.62. The van der Waals surface area contributed by atoms with Gasteiger partial charge in [-0.2, -0.15) is 0 Å². The molecule has 1 fully saturated rings. The molecule has 0 aromatic carbocycles. The highest BCUT2D eigenvalue weighted by molar-refractivity contribution is 7.10. The van der Waals surface area contributed by atoms with Gasteiger partial charge in [-0.3, -0.25) is 9.69 Å². The number of nitrogens with zero attached hydrogens (tertiary/aromatic N) is 1. The second kappa shape index (κ2) is 5.02. The van der Waals surface area contributed by atoms with Crippen LogP contribution in [0.25, 0.3) is 0 Å². The van der Waals surface area contributed by atoms with Gasteiger partial charge in [0.1, 0.15) is 0 Å². The summed E-state index contributed by atoms with van der Waals surface area (Å²) in [5.74, 6) is 0.923. The van der Waals surface area contributed by atoms with Gasteiger partial charge in [0, 0.05) is 24.0 Å². The molecule has 1 aliphatic heterocycles. The third-order valence-corrected chi connectivity index (χ3v) is 4.99. The lowest BCUT2D eigenvalue weighted by Gasteiger charge is -2.26. The Bertz CT molecular complexity index is 439. The predicted molar refractivity (Wildman–Crippen MR) is 73.6 cm³/mol. The minimum absolute atomic E-state index is 0.188. The molecule has 0 spiro atoms. The van der Waals surface area contributed by atoms with Crippen LogP contribution in [0.4, 0.5) is 0 Å². The molecule has 1 N–H and O–H groups in total. The molecule has 1 atom stereocenters. The van der Waals surface area contributed by atoms with E-state index in [9.17, 15) is 4.79 Å². The molecule has 0 bridgehead atoms. The minimum atomic E-state index is 0.188. The summed E-state index contributed by atoms with van der Waals surface area (Å²) in [6.07, 6.45) is 3.66. The Balaban J connectivity index is 1.49. The SMILES string of the molecule is CC(NC(=O)CN1CCc2sccc2C1)C1CC1. The van der Waals surface area contributed by atoms with E-state index in [1.54, 1.807) is 0 Å². The van der Waals surface area contributed by atoms with Crippen LogP contribution in [0.15, 0.2) is 11.4 Å². The number of thiophene rings is 1. The number of rotatable bonds is 4. The highest BCUT2D eigenvalue weighted by Gasteiger charge is 2.29. The molecule has 1 aromatic heterocycles. The summed E-state index contributed by atoms with van der Waals surface area (Å²) < 4.78 is 0. The van der Waals surface area contributed by atoms with Crippen LogP contribution >= 0.6 is 11.3 Å². The number of nitrogens with one attached hydrogen (secondary N) is 1. The Morgan fingerprint density at radius 1 is 1.61 bits per heavy atom. The Kier molecular flexibility index (Phi) is 3.39. The summed E-state index contributed by atoms with van der Waals surface area (Å²) in [4.78, 5) is 15.7. The van der Waals surface area contributed by atoms with E-state index in [2.05, 4.69) is 28.6 Å². The maximum atomic E-state index is 12.0. The molecule has 18 heavy (non-hydrogen) atoms. The van der Waals surface area contributed by atoms with Crippen molar-refractivity contribution in [3.05, 3.63) is 21.9 Å². The maximum Gasteiger partial charge on any atom is 0.234 e. The first kappa shape index (κ1) is 12.2. The van der Waals surface area contributed by atoms with E-state index in [0.29, 0.717) is 12.6 Å². The normalized spacial score (nSPS) is 21.4. The molecular formula is C14H20N2OS. The molecule has 1 amide bonds. The molecule has 1 unspecified atom stereocenters. The molecule has 2 heterocycles. The molecule has 1 aromatic rings. The van der Waals surface area contributed by atoms with Crippen molar-refractivity contribution in [2.45, 2.75) is 38.8 Å². The molecule has 0 radical (unpaired) electrons. The van der Waals surface area contributed by atoms with E-state index in [1.165, 1.54) is 23.3 Å². The second-order valence-corrected chi connectivity index (χ2v) is 6.52. The van der Waals surface area contributed by atoms with Crippen LogP contribution in [-0.4, -0.2) is 29.9 Å². The number of carbonyl (C=O) groups excluding carboxylic acids is 1. The van der Waals surface area contributed by atoms with Crippen molar-refractivity contribution in [1.29, 1.82) is 0 Å². The van der Waals surface area contributed by atoms with Crippen molar-refractivity contribution in [3.8, 4) is 0 Å². The van der Waals surface area contributed by atoms with Gasteiger partial charge in [0.25, 0.3) is 0 Å². The average Bonchev–Trinajstić information content (AvgIpc) is 3.08. The predicted octanol–water partition coefficient (Wildman–Crippen LogP) is 2.02. The van der Waals surface area contributed by atoms with Crippen LogP contribution in [0.5, 0.6) is 0 Å². The molecule has 1 saturated carbocycles. The molecule has 4 heteroatoms. The van der Waals surface area contributed by atoms with Gasteiger partial charge in [0.05, 0.1) is 6.54 Å². The first-order chi connectivity index (χ1) is 8.72. The lowest BCUT2D eigenvalue weighted by Crippen LogP contribution is -2.43. The van der Waals surface area contributed by atoms with Crippen LogP contribution in [0, 0.1) is 5.92 Å². The monoisotopic (exact) mass is 264 g/mol. The van der Waals surface area contributed by atoms with E-state index < -0.39 is 0 Å². The fourth-order valence-electron chi connectivity index (χ4n) is 2.66. The van der Waals surface area contributed by atoms with E-state index in [4.69, 9.17) is 0 Å². The van der Waals surface area contributed by atoms with Crippen molar-refractivity contribution in [2.24, 2.45) is 5.92 Å². The topological polar surface area (TPSA) is 32.3 Å². The van der Waals surface area contributed by atoms with Gasteiger partial charge in [-0.1, -0.05) is 0 Å². The minimum Gasteiger partial charge on any atom is -0.352 e. The molecule has 3 rings (SSSR count). The van der Waals surface area contributed by atoms with E-state index in [-0.39, 0.29) is 5.91 Å². The standard InChI is InChI=1S/C14H20N2OS/c1-10(11-2-3-11)15-14(17)9-16-6-4-13-12(8-16)5-7-18-13/h5,7,10-11H,2-4,6,8-9H2,1H3,(H,15,17). The highest BCUT2D eigenvalue weighted by atomic mass is 32.1.